The molecule has 2 rings (SSSR count). The maximum atomic E-state index is 11.9. The van der Waals surface area contributed by atoms with Gasteiger partial charge < -0.3 is 10.1 Å². The third-order valence-electron chi connectivity index (χ3n) is 4.22. The lowest BCUT2D eigenvalue weighted by molar-refractivity contribution is -0.130. The van der Waals surface area contributed by atoms with Crippen LogP contribution in [0.5, 0.6) is 0 Å². The fourth-order valence-electron chi connectivity index (χ4n) is 2.84. The van der Waals surface area contributed by atoms with E-state index in [1.54, 1.807) is 7.05 Å². The van der Waals surface area contributed by atoms with Crippen molar-refractivity contribution in [1.82, 2.24) is 10.3 Å². The zero-order valence-corrected chi connectivity index (χ0v) is 12.9. The monoisotopic (exact) mass is 295 g/mol. The van der Waals surface area contributed by atoms with Crippen molar-refractivity contribution in [1.29, 1.82) is 0 Å². The van der Waals surface area contributed by atoms with Crippen molar-refractivity contribution in [2.24, 2.45) is 11.0 Å². The van der Waals surface area contributed by atoms with Gasteiger partial charge in [-0.25, -0.2) is 5.01 Å². The summed E-state index contributed by atoms with van der Waals surface area (Å²) in [6.07, 6.45) is 5.96. The molecule has 118 valence electrons. The van der Waals surface area contributed by atoms with Crippen LogP contribution in [-0.4, -0.2) is 48.8 Å². The van der Waals surface area contributed by atoms with Gasteiger partial charge >= 0.3 is 0 Å². The number of ether oxygens (including phenoxy) is 1. The molecule has 1 aliphatic heterocycles. The van der Waals surface area contributed by atoms with Gasteiger partial charge in [0.25, 0.3) is 5.91 Å². The molecule has 2 amide bonds. The normalized spacial score (nSPS) is 26.5. The number of hydrogen-bond donors (Lipinski definition) is 1. The van der Waals surface area contributed by atoms with E-state index in [1.807, 2.05) is 0 Å². The van der Waals surface area contributed by atoms with Crippen molar-refractivity contribution in [2.75, 3.05) is 20.2 Å². The Hall–Kier alpha value is -1.43. The van der Waals surface area contributed by atoms with Crippen LogP contribution in [0, 0.1) is 5.92 Å². The van der Waals surface area contributed by atoms with Gasteiger partial charge in [-0.3, -0.25) is 9.59 Å². The zero-order chi connectivity index (χ0) is 15.2. The van der Waals surface area contributed by atoms with E-state index in [4.69, 9.17) is 4.74 Å². The molecule has 6 heteroatoms. The Bertz CT molecular complexity index is 422. The Morgan fingerprint density at radius 3 is 2.86 bits per heavy atom. The third-order valence-corrected chi connectivity index (χ3v) is 4.22. The van der Waals surface area contributed by atoms with E-state index in [1.165, 1.54) is 24.3 Å². The Balaban J connectivity index is 1.67. The van der Waals surface area contributed by atoms with Crippen LogP contribution in [0.4, 0.5) is 0 Å². The lowest BCUT2D eigenvalue weighted by atomic mass is 9.88. The van der Waals surface area contributed by atoms with Gasteiger partial charge in [0.15, 0.2) is 0 Å². The molecule has 1 fully saturated rings. The minimum Gasteiger partial charge on any atom is -0.376 e. The molecule has 1 saturated carbocycles. The highest BCUT2D eigenvalue weighted by atomic mass is 16.5. The average molecular weight is 295 g/mol. The van der Waals surface area contributed by atoms with Crippen LogP contribution >= 0.6 is 0 Å². The predicted molar refractivity (Wildman–Crippen MR) is 79.8 cm³/mol. The Morgan fingerprint density at radius 1 is 1.38 bits per heavy atom. The van der Waals surface area contributed by atoms with Crippen LogP contribution in [-0.2, 0) is 14.3 Å². The number of rotatable bonds is 5. The molecule has 6 nitrogen and oxygen atoms in total. The average Bonchev–Trinajstić information content (AvgIpc) is 2.48. The summed E-state index contributed by atoms with van der Waals surface area (Å²) in [4.78, 5) is 23.2. The maximum Gasteiger partial charge on any atom is 0.267 e. The van der Waals surface area contributed by atoms with Crippen molar-refractivity contribution < 1.29 is 14.3 Å². The van der Waals surface area contributed by atoms with Crippen molar-refractivity contribution in [3.63, 3.8) is 0 Å². The van der Waals surface area contributed by atoms with Gasteiger partial charge in [-0.1, -0.05) is 19.8 Å². The molecule has 1 heterocycles. The van der Waals surface area contributed by atoms with Crippen molar-refractivity contribution in [2.45, 2.75) is 51.6 Å². The van der Waals surface area contributed by atoms with Crippen molar-refractivity contribution >= 4 is 17.5 Å². The SMILES string of the molecule is C[C@H]1CCCC[C@@H]1OCCNC(=O)C1=NN(C)C(=O)CC1. The number of hydrogen-bond acceptors (Lipinski definition) is 4. The van der Waals surface area contributed by atoms with Crippen LogP contribution in [0.1, 0.15) is 45.4 Å². The first kappa shape index (κ1) is 15.9. The first-order chi connectivity index (χ1) is 10.1. The number of nitrogens with zero attached hydrogens (tertiary/aromatic N) is 2. The van der Waals surface area contributed by atoms with Crippen LogP contribution in [0.25, 0.3) is 0 Å². The van der Waals surface area contributed by atoms with E-state index in [0.717, 1.165) is 6.42 Å². The number of carbonyl (C=O) groups excluding carboxylic acids is 2. The number of nitrogens with one attached hydrogen (secondary N) is 1. The lowest BCUT2D eigenvalue weighted by Crippen LogP contribution is -2.39. The topological polar surface area (TPSA) is 71.0 Å². The molecule has 0 bridgehead atoms. The summed E-state index contributed by atoms with van der Waals surface area (Å²) in [5, 5.41) is 8.04. The number of amides is 2. The smallest absolute Gasteiger partial charge is 0.267 e. The minimum absolute atomic E-state index is 0.0545. The van der Waals surface area contributed by atoms with Gasteiger partial charge in [-0.2, -0.15) is 5.10 Å². The first-order valence-corrected chi connectivity index (χ1v) is 7.81. The van der Waals surface area contributed by atoms with Gasteiger partial charge in [0, 0.05) is 26.4 Å². The molecule has 0 aromatic rings. The quantitative estimate of drug-likeness (QED) is 0.777. The second-order valence-electron chi connectivity index (χ2n) is 5.89. The van der Waals surface area contributed by atoms with E-state index in [9.17, 15) is 9.59 Å². The molecule has 1 aliphatic carbocycles. The molecule has 0 saturated heterocycles. The van der Waals surface area contributed by atoms with Crippen LogP contribution in [0.15, 0.2) is 5.10 Å². The van der Waals surface area contributed by atoms with Gasteiger partial charge in [-0.15, -0.1) is 0 Å². The standard InChI is InChI=1S/C15H25N3O3/c1-11-5-3-4-6-13(11)21-10-9-16-15(20)12-7-8-14(19)18(2)17-12/h11,13H,3-10H2,1-2H3,(H,16,20)/t11-,13-/m0/s1. The summed E-state index contributed by atoms with van der Waals surface area (Å²) < 4.78 is 5.85. The Morgan fingerprint density at radius 2 is 2.14 bits per heavy atom. The van der Waals surface area contributed by atoms with E-state index < -0.39 is 0 Å². The summed E-state index contributed by atoms with van der Waals surface area (Å²) in [5.74, 6) is 0.354. The molecular formula is C15H25N3O3. The highest BCUT2D eigenvalue weighted by molar-refractivity contribution is 6.39. The fourth-order valence-corrected chi connectivity index (χ4v) is 2.84. The highest BCUT2D eigenvalue weighted by Crippen LogP contribution is 2.25. The maximum absolute atomic E-state index is 11.9. The summed E-state index contributed by atoms with van der Waals surface area (Å²) >= 11 is 0. The Labute approximate surface area is 125 Å². The fraction of sp³-hybridized carbons (Fsp3) is 0.800. The lowest BCUT2D eigenvalue weighted by Gasteiger charge is -2.28. The molecule has 0 aromatic carbocycles. The third kappa shape index (κ3) is 4.52. The summed E-state index contributed by atoms with van der Waals surface area (Å²) in [6, 6.07) is 0. The van der Waals surface area contributed by atoms with Gasteiger partial charge in [-0.05, 0) is 18.8 Å². The highest BCUT2D eigenvalue weighted by Gasteiger charge is 2.23. The second kappa shape index (κ2) is 7.54. The van der Waals surface area contributed by atoms with Gasteiger partial charge in [0.1, 0.15) is 5.71 Å². The molecule has 0 unspecified atom stereocenters. The molecule has 0 spiro atoms. The number of carbonyl (C=O) groups is 2. The second-order valence-corrected chi connectivity index (χ2v) is 5.89. The summed E-state index contributed by atoms with van der Waals surface area (Å²) in [6.45, 7) is 3.24. The van der Waals surface area contributed by atoms with Crippen LogP contribution in [0.2, 0.25) is 0 Å². The molecular weight excluding hydrogens is 270 g/mol. The van der Waals surface area contributed by atoms with Crippen molar-refractivity contribution in [3.05, 3.63) is 0 Å². The molecule has 21 heavy (non-hydrogen) atoms. The van der Waals surface area contributed by atoms with Crippen LogP contribution in [0.3, 0.4) is 0 Å². The van der Waals surface area contributed by atoms with Crippen molar-refractivity contribution in [3.8, 4) is 0 Å². The summed E-state index contributed by atoms with van der Waals surface area (Å²) in [7, 11) is 1.57. The van der Waals surface area contributed by atoms with Gasteiger partial charge in [0.05, 0.1) is 12.7 Å². The molecule has 0 radical (unpaired) electrons. The number of hydrazone groups is 1. The molecule has 2 atom stereocenters. The van der Waals surface area contributed by atoms with Crippen LogP contribution < -0.4 is 5.32 Å². The zero-order valence-electron chi connectivity index (χ0n) is 12.9. The van der Waals surface area contributed by atoms with E-state index in [-0.39, 0.29) is 11.8 Å². The van der Waals surface area contributed by atoms with E-state index >= 15 is 0 Å². The summed E-state index contributed by atoms with van der Waals surface area (Å²) in [5.41, 5.74) is 0.420. The minimum atomic E-state index is -0.199. The van der Waals surface area contributed by atoms with E-state index in [2.05, 4.69) is 17.3 Å². The predicted octanol–water partition coefficient (Wildman–Crippen LogP) is 1.31. The molecule has 1 N–H and O–H groups in total. The molecule has 2 aliphatic rings. The largest absolute Gasteiger partial charge is 0.376 e. The first-order valence-electron chi connectivity index (χ1n) is 7.81. The van der Waals surface area contributed by atoms with Gasteiger partial charge in [0.2, 0.25) is 5.91 Å². The Kier molecular flexibility index (Phi) is 5.73. The van der Waals surface area contributed by atoms with E-state index in [0.29, 0.717) is 43.7 Å². The molecule has 0 aromatic heterocycles.